The van der Waals surface area contributed by atoms with E-state index in [0.29, 0.717) is 6.42 Å². The first kappa shape index (κ1) is 12.8. The predicted molar refractivity (Wildman–Crippen MR) is 56.9 cm³/mol. The van der Waals surface area contributed by atoms with Crippen LogP contribution in [0.2, 0.25) is 0 Å². The third-order valence-electron chi connectivity index (χ3n) is 1.83. The molecule has 0 fully saturated rings. The Morgan fingerprint density at radius 1 is 1.62 bits per heavy atom. The first-order valence-corrected chi connectivity index (χ1v) is 6.03. The molecule has 0 aliphatic rings. The summed E-state index contributed by atoms with van der Waals surface area (Å²) in [6.07, 6.45) is 4.29. The van der Waals surface area contributed by atoms with Crippen molar-refractivity contribution in [2.45, 2.75) is 32.2 Å². The predicted octanol–water partition coefficient (Wildman–Crippen LogP) is 1.02. The fourth-order valence-electron chi connectivity index (χ4n) is 0.954. The summed E-state index contributed by atoms with van der Waals surface area (Å²) in [5.41, 5.74) is 0. The molecule has 4 heteroatoms. The molecule has 0 heterocycles. The first-order chi connectivity index (χ1) is 6.24. The topological polar surface area (TPSA) is 49.3 Å². The lowest BCUT2D eigenvalue weighted by Crippen LogP contribution is -2.36. The van der Waals surface area contributed by atoms with E-state index in [2.05, 4.69) is 5.32 Å². The second-order valence-corrected chi connectivity index (χ2v) is 3.94. The number of nitrogens with one attached hydrogen (secondary N) is 1. The average molecular weight is 205 g/mol. The summed E-state index contributed by atoms with van der Waals surface area (Å²) in [5, 5.41) is 11.6. The Morgan fingerprint density at radius 3 is 2.77 bits per heavy atom. The number of aliphatic hydroxyl groups excluding tert-OH is 1. The van der Waals surface area contributed by atoms with Crippen LogP contribution in [-0.4, -0.2) is 35.7 Å². The smallest absolute Gasteiger partial charge is 0.220 e. The summed E-state index contributed by atoms with van der Waals surface area (Å²) in [5.74, 6) is 1.07. The Balaban J connectivity index is 3.48. The van der Waals surface area contributed by atoms with Crippen molar-refractivity contribution in [3.63, 3.8) is 0 Å². The fraction of sp³-hybridized carbons (Fsp3) is 0.889. The van der Waals surface area contributed by atoms with Gasteiger partial charge in [0.05, 0.1) is 12.6 Å². The highest BCUT2D eigenvalue weighted by molar-refractivity contribution is 7.98. The number of hydrogen-bond donors (Lipinski definition) is 2. The van der Waals surface area contributed by atoms with Crippen LogP contribution in [0.1, 0.15) is 26.2 Å². The Morgan fingerprint density at radius 2 is 2.31 bits per heavy atom. The molecule has 1 unspecified atom stereocenters. The van der Waals surface area contributed by atoms with Gasteiger partial charge >= 0.3 is 0 Å². The van der Waals surface area contributed by atoms with Crippen molar-refractivity contribution in [2.75, 3.05) is 18.6 Å². The van der Waals surface area contributed by atoms with E-state index in [1.807, 2.05) is 13.2 Å². The molecular weight excluding hydrogens is 186 g/mol. The van der Waals surface area contributed by atoms with Gasteiger partial charge < -0.3 is 10.4 Å². The SMILES string of the molecule is CCC(CO)NC(=O)CCCSC. The van der Waals surface area contributed by atoms with Gasteiger partial charge in [0.2, 0.25) is 5.91 Å². The van der Waals surface area contributed by atoms with E-state index in [1.165, 1.54) is 0 Å². The van der Waals surface area contributed by atoms with Gasteiger partial charge in [-0.3, -0.25) is 4.79 Å². The van der Waals surface area contributed by atoms with Crippen molar-refractivity contribution in [3.05, 3.63) is 0 Å². The third kappa shape index (κ3) is 6.90. The van der Waals surface area contributed by atoms with E-state index in [1.54, 1.807) is 11.8 Å². The van der Waals surface area contributed by atoms with Crippen molar-refractivity contribution in [3.8, 4) is 0 Å². The van der Waals surface area contributed by atoms with Crippen molar-refractivity contribution in [1.82, 2.24) is 5.32 Å². The van der Waals surface area contributed by atoms with Crippen molar-refractivity contribution in [2.24, 2.45) is 0 Å². The molecule has 3 nitrogen and oxygen atoms in total. The minimum absolute atomic E-state index is 0.0325. The van der Waals surface area contributed by atoms with E-state index in [9.17, 15) is 4.79 Å². The van der Waals surface area contributed by atoms with Crippen molar-refractivity contribution < 1.29 is 9.90 Å². The largest absolute Gasteiger partial charge is 0.394 e. The van der Waals surface area contributed by atoms with Crippen LogP contribution >= 0.6 is 11.8 Å². The first-order valence-electron chi connectivity index (χ1n) is 4.63. The number of hydrogen-bond acceptors (Lipinski definition) is 3. The molecule has 0 radical (unpaired) electrons. The lowest BCUT2D eigenvalue weighted by molar-refractivity contribution is -0.122. The molecule has 0 aromatic carbocycles. The average Bonchev–Trinajstić information content (AvgIpc) is 2.14. The van der Waals surface area contributed by atoms with Gasteiger partial charge in [-0.2, -0.15) is 11.8 Å². The van der Waals surface area contributed by atoms with Gasteiger partial charge in [0, 0.05) is 6.42 Å². The van der Waals surface area contributed by atoms with Crippen LogP contribution in [0.5, 0.6) is 0 Å². The van der Waals surface area contributed by atoms with Crippen LogP contribution in [0.3, 0.4) is 0 Å². The monoisotopic (exact) mass is 205 g/mol. The molecule has 0 spiro atoms. The number of rotatable bonds is 7. The molecular formula is C9H19NO2S. The Kier molecular flexibility index (Phi) is 8.24. The Labute approximate surface area is 84.3 Å². The molecule has 78 valence electrons. The zero-order chi connectivity index (χ0) is 10.1. The quantitative estimate of drug-likeness (QED) is 0.610. The van der Waals surface area contributed by atoms with E-state index >= 15 is 0 Å². The molecule has 0 aromatic heterocycles. The maximum Gasteiger partial charge on any atom is 0.220 e. The summed E-state index contributed by atoms with van der Waals surface area (Å²) in [7, 11) is 0. The van der Waals surface area contributed by atoms with Crippen LogP contribution in [-0.2, 0) is 4.79 Å². The number of thioether (sulfide) groups is 1. The normalized spacial score (nSPS) is 12.5. The van der Waals surface area contributed by atoms with E-state index in [-0.39, 0.29) is 18.6 Å². The standard InChI is InChI=1S/C9H19NO2S/c1-3-8(7-11)10-9(12)5-4-6-13-2/h8,11H,3-7H2,1-2H3,(H,10,12). The number of aliphatic hydroxyl groups is 1. The molecule has 0 aromatic rings. The molecule has 0 saturated heterocycles. The van der Waals surface area contributed by atoms with Crippen molar-refractivity contribution >= 4 is 17.7 Å². The summed E-state index contributed by atoms with van der Waals surface area (Å²) in [6.45, 7) is 1.98. The molecule has 0 saturated carbocycles. The van der Waals surface area contributed by atoms with E-state index < -0.39 is 0 Å². The van der Waals surface area contributed by atoms with Crippen LogP contribution in [0.15, 0.2) is 0 Å². The number of amides is 1. The minimum atomic E-state index is -0.0678. The Hall–Kier alpha value is -0.220. The maximum atomic E-state index is 11.2. The molecule has 0 aliphatic carbocycles. The van der Waals surface area contributed by atoms with Gasteiger partial charge in [-0.05, 0) is 24.9 Å². The van der Waals surface area contributed by atoms with Crippen LogP contribution in [0.4, 0.5) is 0 Å². The zero-order valence-corrected chi connectivity index (χ0v) is 9.19. The van der Waals surface area contributed by atoms with Gasteiger partial charge in [-0.1, -0.05) is 6.92 Å². The molecule has 1 atom stereocenters. The number of carbonyl (C=O) groups is 1. The number of carbonyl (C=O) groups excluding carboxylic acids is 1. The summed E-state index contributed by atoms with van der Waals surface area (Å²) in [4.78, 5) is 11.2. The van der Waals surface area contributed by atoms with Crippen LogP contribution in [0.25, 0.3) is 0 Å². The lowest BCUT2D eigenvalue weighted by atomic mass is 10.2. The fourth-order valence-corrected chi connectivity index (χ4v) is 1.39. The summed E-state index contributed by atoms with van der Waals surface area (Å²) < 4.78 is 0. The third-order valence-corrected chi connectivity index (χ3v) is 2.53. The van der Waals surface area contributed by atoms with Crippen LogP contribution in [0, 0.1) is 0 Å². The van der Waals surface area contributed by atoms with Crippen LogP contribution < -0.4 is 5.32 Å². The van der Waals surface area contributed by atoms with Gasteiger partial charge in [-0.25, -0.2) is 0 Å². The lowest BCUT2D eigenvalue weighted by Gasteiger charge is -2.13. The van der Waals surface area contributed by atoms with Gasteiger partial charge in [-0.15, -0.1) is 0 Å². The molecule has 1 amide bonds. The second-order valence-electron chi connectivity index (χ2n) is 2.95. The van der Waals surface area contributed by atoms with Gasteiger partial charge in [0.1, 0.15) is 0 Å². The van der Waals surface area contributed by atoms with Gasteiger partial charge in [0.25, 0.3) is 0 Å². The minimum Gasteiger partial charge on any atom is -0.394 e. The van der Waals surface area contributed by atoms with Gasteiger partial charge in [0.15, 0.2) is 0 Å². The Bertz CT molecular complexity index is 138. The highest BCUT2D eigenvalue weighted by Gasteiger charge is 2.07. The molecule has 13 heavy (non-hydrogen) atoms. The van der Waals surface area contributed by atoms with E-state index in [4.69, 9.17) is 5.11 Å². The highest BCUT2D eigenvalue weighted by atomic mass is 32.2. The second kappa shape index (κ2) is 8.38. The highest BCUT2D eigenvalue weighted by Crippen LogP contribution is 1.99. The molecule has 2 N–H and O–H groups in total. The maximum absolute atomic E-state index is 11.2. The van der Waals surface area contributed by atoms with Crippen molar-refractivity contribution in [1.29, 1.82) is 0 Å². The molecule has 0 rings (SSSR count). The zero-order valence-electron chi connectivity index (χ0n) is 8.38. The molecule has 0 bridgehead atoms. The summed E-state index contributed by atoms with van der Waals surface area (Å²) in [6, 6.07) is -0.0678. The van der Waals surface area contributed by atoms with E-state index in [0.717, 1.165) is 18.6 Å². The summed E-state index contributed by atoms with van der Waals surface area (Å²) >= 11 is 1.74. The molecule has 0 aliphatic heterocycles.